The van der Waals surface area contributed by atoms with Gasteiger partial charge < -0.3 is 0 Å². The van der Waals surface area contributed by atoms with Crippen LogP contribution in [0.3, 0.4) is 0 Å². The number of nitro groups is 1. The van der Waals surface area contributed by atoms with Crippen LogP contribution in [0.15, 0.2) is 12.3 Å². The summed E-state index contributed by atoms with van der Waals surface area (Å²) >= 11 is 5.55. The molecular formula is C9H4ClN3O2. The largest absolute Gasteiger partial charge is 0.304 e. The first-order chi connectivity index (χ1) is 7.15. The van der Waals surface area contributed by atoms with E-state index in [1.165, 1.54) is 12.3 Å². The van der Waals surface area contributed by atoms with Gasteiger partial charge in [-0.3, -0.25) is 10.1 Å². The highest BCUT2D eigenvalue weighted by Gasteiger charge is 2.13. The van der Waals surface area contributed by atoms with Crippen LogP contribution in [0.25, 0.3) is 0 Å². The number of pyridine rings is 1. The van der Waals surface area contributed by atoms with Crippen molar-refractivity contribution < 1.29 is 4.92 Å². The van der Waals surface area contributed by atoms with Crippen molar-refractivity contribution in [3.63, 3.8) is 0 Å². The molecule has 0 aliphatic carbocycles. The molecule has 1 heterocycles. The Kier molecular flexibility index (Phi) is 3.61. The van der Waals surface area contributed by atoms with Gasteiger partial charge in [-0.1, -0.05) is 17.5 Å². The van der Waals surface area contributed by atoms with Gasteiger partial charge in [-0.15, -0.1) is 0 Å². The SMILES string of the molecule is N#CCC#Cc1ncc(Cl)cc1[N+](=O)[O-]. The molecule has 15 heavy (non-hydrogen) atoms. The molecule has 0 amide bonds. The standard InChI is InChI=1S/C9H4ClN3O2/c10-7-5-9(13(14)15)8(12-6-7)3-1-2-4-11/h5-6H,2H2. The molecule has 0 aliphatic heterocycles. The summed E-state index contributed by atoms with van der Waals surface area (Å²) in [5.74, 6) is 4.88. The fourth-order valence-electron chi connectivity index (χ4n) is 0.832. The summed E-state index contributed by atoms with van der Waals surface area (Å²) in [5.41, 5.74) is -0.243. The number of hydrogen-bond donors (Lipinski definition) is 0. The molecule has 0 spiro atoms. The Morgan fingerprint density at radius 2 is 2.40 bits per heavy atom. The number of hydrogen-bond acceptors (Lipinski definition) is 4. The first-order valence-corrected chi connectivity index (χ1v) is 4.18. The number of rotatable bonds is 1. The minimum Gasteiger partial charge on any atom is -0.258 e. The molecular weight excluding hydrogens is 218 g/mol. The highest BCUT2D eigenvalue weighted by Crippen LogP contribution is 2.19. The van der Waals surface area contributed by atoms with Gasteiger partial charge in [0.25, 0.3) is 0 Å². The predicted octanol–water partition coefficient (Wildman–Crippen LogP) is 1.91. The molecule has 1 aromatic rings. The summed E-state index contributed by atoms with van der Waals surface area (Å²) in [6.07, 6.45) is 1.27. The number of aromatic nitrogens is 1. The van der Waals surface area contributed by atoms with Crippen LogP contribution >= 0.6 is 11.6 Å². The summed E-state index contributed by atoms with van der Waals surface area (Å²) in [7, 11) is 0. The number of nitriles is 1. The molecule has 0 saturated heterocycles. The Morgan fingerprint density at radius 1 is 1.67 bits per heavy atom. The lowest BCUT2D eigenvalue weighted by Crippen LogP contribution is -1.94. The van der Waals surface area contributed by atoms with E-state index in [-0.39, 0.29) is 22.8 Å². The van der Waals surface area contributed by atoms with Gasteiger partial charge in [-0.25, -0.2) is 4.98 Å². The lowest BCUT2D eigenvalue weighted by Gasteiger charge is -1.94. The molecule has 0 fully saturated rings. The third-order valence-electron chi connectivity index (χ3n) is 1.41. The van der Waals surface area contributed by atoms with Gasteiger partial charge in [-0.05, 0) is 5.92 Å². The zero-order chi connectivity index (χ0) is 11.3. The monoisotopic (exact) mass is 221 g/mol. The van der Waals surface area contributed by atoms with Crippen molar-refractivity contribution >= 4 is 17.3 Å². The second kappa shape index (κ2) is 4.94. The first-order valence-electron chi connectivity index (χ1n) is 3.81. The minimum atomic E-state index is -0.616. The van der Waals surface area contributed by atoms with E-state index in [9.17, 15) is 10.1 Å². The Hall–Kier alpha value is -2.11. The van der Waals surface area contributed by atoms with Crippen LogP contribution in [0.5, 0.6) is 0 Å². The van der Waals surface area contributed by atoms with Crippen molar-refractivity contribution in [3.8, 4) is 17.9 Å². The summed E-state index contributed by atoms with van der Waals surface area (Å²) in [6, 6.07) is 2.97. The highest BCUT2D eigenvalue weighted by atomic mass is 35.5. The van der Waals surface area contributed by atoms with Gasteiger partial charge in [0.2, 0.25) is 0 Å². The Morgan fingerprint density at radius 3 is 3.00 bits per heavy atom. The van der Waals surface area contributed by atoms with E-state index < -0.39 is 4.92 Å². The Labute approximate surface area is 90.5 Å². The topological polar surface area (TPSA) is 79.8 Å². The average Bonchev–Trinajstić information content (AvgIpc) is 2.20. The zero-order valence-electron chi connectivity index (χ0n) is 7.40. The molecule has 5 nitrogen and oxygen atoms in total. The number of halogens is 1. The van der Waals surface area contributed by atoms with Gasteiger partial charge in [0.1, 0.15) is 0 Å². The van der Waals surface area contributed by atoms with E-state index in [1.807, 2.05) is 0 Å². The van der Waals surface area contributed by atoms with E-state index in [1.54, 1.807) is 6.07 Å². The zero-order valence-corrected chi connectivity index (χ0v) is 8.15. The van der Waals surface area contributed by atoms with Crippen LogP contribution in [-0.2, 0) is 0 Å². The molecule has 74 valence electrons. The summed E-state index contributed by atoms with van der Waals surface area (Å²) in [6.45, 7) is 0. The van der Waals surface area contributed by atoms with Crippen molar-refractivity contribution in [2.75, 3.05) is 0 Å². The Balaban J connectivity index is 3.15. The quantitative estimate of drug-likeness (QED) is 0.412. The van der Waals surface area contributed by atoms with Gasteiger partial charge in [0.15, 0.2) is 5.69 Å². The molecule has 1 rings (SSSR count). The van der Waals surface area contributed by atoms with E-state index in [0.717, 1.165) is 0 Å². The molecule has 0 N–H and O–H groups in total. The smallest absolute Gasteiger partial charge is 0.258 e. The molecule has 1 aromatic heterocycles. The molecule has 0 radical (unpaired) electrons. The van der Waals surface area contributed by atoms with Gasteiger partial charge >= 0.3 is 5.69 Å². The van der Waals surface area contributed by atoms with Crippen LogP contribution in [-0.4, -0.2) is 9.91 Å². The average molecular weight is 222 g/mol. The lowest BCUT2D eigenvalue weighted by atomic mass is 10.3. The van der Waals surface area contributed by atoms with Crippen LogP contribution in [0.1, 0.15) is 12.1 Å². The molecule has 0 aliphatic rings. The third-order valence-corrected chi connectivity index (χ3v) is 1.61. The van der Waals surface area contributed by atoms with Gasteiger partial charge in [0.05, 0.1) is 22.4 Å². The fourth-order valence-corrected chi connectivity index (χ4v) is 0.984. The number of nitrogens with zero attached hydrogens (tertiary/aromatic N) is 3. The third kappa shape index (κ3) is 2.94. The fraction of sp³-hybridized carbons (Fsp3) is 0.111. The van der Waals surface area contributed by atoms with Crippen LogP contribution in [0, 0.1) is 33.3 Å². The second-order valence-corrected chi connectivity index (χ2v) is 2.85. The van der Waals surface area contributed by atoms with Crippen LogP contribution < -0.4 is 0 Å². The predicted molar refractivity (Wildman–Crippen MR) is 53.0 cm³/mol. The maximum absolute atomic E-state index is 10.6. The van der Waals surface area contributed by atoms with Crippen LogP contribution in [0.2, 0.25) is 5.02 Å². The summed E-state index contributed by atoms with van der Waals surface area (Å²) in [4.78, 5) is 13.7. The molecule has 0 atom stereocenters. The maximum atomic E-state index is 10.6. The highest BCUT2D eigenvalue weighted by molar-refractivity contribution is 6.30. The molecule has 0 bridgehead atoms. The molecule has 0 aromatic carbocycles. The van der Waals surface area contributed by atoms with Crippen molar-refractivity contribution in [2.24, 2.45) is 0 Å². The normalized spacial score (nSPS) is 8.53. The lowest BCUT2D eigenvalue weighted by molar-refractivity contribution is -0.385. The summed E-state index contributed by atoms with van der Waals surface area (Å²) < 4.78 is 0. The minimum absolute atomic E-state index is 0.00145. The van der Waals surface area contributed by atoms with Gasteiger partial charge in [0, 0.05) is 12.3 Å². The second-order valence-electron chi connectivity index (χ2n) is 2.42. The van der Waals surface area contributed by atoms with Crippen molar-refractivity contribution in [3.05, 3.63) is 33.1 Å². The van der Waals surface area contributed by atoms with Crippen LogP contribution in [0.4, 0.5) is 5.69 Å². The van der Waals surface area contributed by atoms with E-state index in [4.69, 9.17) is 16.9 Å². The van der Waals surface area contributed by atoms with Gasteiger partial charge in [-0.2, -0.15) is 5.26 Å². The van der Waals surface area contributed by atoms with Crippen molar-refractivity contribution in [1.82, 2.24) is 4.98 Å². The molecule has 6 heteroatoms. The van der Waals surface area contributed by atoms with E-state index in [0.29, 0.717) is 0 Å². The summed E-state index contributed by atoms with van der Waals surface area (Å²) in [5, 5.41) is 19.0. The van der Waals surface area contributed by atoms with E-state index >= 15 is 0 Å². The van der Waals surface area contributed by atoms with Crippen molar-refractivity contribution in [2.45, 2.75) is 6.42 Å². The maximum Gasteiger partial charge on any atom is 0.304 e. The first kappa shape index (κ1) is 11.0. The van der Waals surface area contributed by atoms with E-state index in [2.05, 4.69) is 16.8 Å². The van der Waals surface area contributed by atoms with Crippen molar-refractivity contribution in [1.29, 1.82) is 5.26 Å². The molecule has 0 saturated carbocycles. The Bertz CT molecular complexity index is 496. The molecule has 0 unspecified atom stereocenters.